The first-order valence-corrected chi connectivity index (χ1v) is 17.6. The summed E-state index contributed by atoms with van der Waals surface area (Å²) in [6.07, 6.45) is 0. The number of hydrogen-bond donors (Lipinski definition) is 0. The summed E-state index contributed by atoms with van der Waals surface area (Å²) in [6, 6.07) is 60.6. The minimum Gasteiger partial charge on any atom is -0.238 e. The van der Waals surface area contributed by atoms with Crippen LogP contribution in [0.25, 0.3) is 94.8 Å². The SMILES string of the molecule is [C-]#[N+]c1cccc(-c2ccc(-c3nc(-c4ccccc4)nc(-c4ccccc4)n3)c(-c3ccccc3-c3nc(-c4ccccc4)c4ccccc4n3)c2)c1. The zero-order valence-corrected chi connectivity index (χ0v) is 29.0. The van der Waals surface area contributed by atoms with E-state index in [4.69, 9.17) is 31.5 Å². The molecule has 2 heterocycles. The molecule has 54 heavy (non-hydrogen) atoms. The number of benzene rings is 7. The van der Waals surface area contributed by atoms with Crippen LogP contribution in [0.4, 0.5) is 5.69 Å². The molecule has 7 aromatic carbocycles. The minimum atomic E-state index is 0.540. The van der Waals surface area contributed by atoms with Crippen LogP contribution in [0, 0.1) is 6.57 Å². The molecule has 0 saturated carbocycles. The Hall–Kier alpha value is -7.62. The molecule has 6 heteroatoms. The van der Waals surface area contributed by atoms with Crippen molar-refractivity contribution in [3.63, 3.8) is 0 Å². The standard InChI is InChI=1S/C48H30N6/c1-49-37-23-15-22-35(30-37)36-28-29-40(48-53-45(33-18-7-3-8-19-33)52-46(54-48)34-20-9-4-10-21-34)42(31-36)38-24-11-12-25-39(38)47-50-43-27-14-13-26-41(43)44(51-47)32-16-5-2-6-17-32/h2-31H. The first-order chi connectivity index (χ1) is 26.7. The molecular formula is C48H30N6. The fourth-order valence-corrected chi connectivity index (χ4v) is 6.75. The van der Waals surface area contributed by atoms with Crippen LogP contribution in [0.1, 0.15) is 0 Å². The van der Waals surface area contributed by atoms with Gasteiger partial charge >= 0.3 is 0 Å². The summed E-state index contributed by atoms with van der Waals surface area (Å²) in [5, 5.41) is 0.986. The van der Waals surface area contributed by atoms with Crippen LogP contribution in [0.15, 0.2) is 182 Å². The molecule has 0 aliphatic heterocycles. The van der Waals surface area contributed by atoms with Crippen LogP contribution in [0.3, 0.4) is 0 Å². The second-order valence-corrected chi connectivity index (χ2v) is 12.8. The summed E-state index contributed by atoms with van der Waals surface area (Å²) in [7, 11) is 0. The Morgan fingerprint density at radius 1 is 0.333 bits per heavy atom. The third kappa shape index (κ3) is 6.27. The van der Waals surface area contributed by atoms with Crippen LogP contribution in [-0.4, -0.2) is 24.9 Å². The van der Waals surface area contributed by atoms with Crippen molar-refractivity contribution < 1.29 is 0 Å². The third-order valence-electron chi connectivity index (χ3n) is 9.38. The lowest BCUT2D eigenvalue weighted by Gasteiger charge is -2.17. The van der Waals surface area contributed by atoms with Gasteiger partial charge in [0.25, 0.3) is 0 Å². The van der Waals surface area contributed by atoms with Crippen molar-refractivity contribution in [2.24, 2.45) is 0 Å². The Kier molecular flexibility index (Phi) is 8.48. The molecule has 0 bridgehead atoms. The summed E-state index contributed by atoms with van der Waals surface area (Å²) in [6.45, 7) is 7.66. The lowest BCUT2D eigenvalue weighted by Crippen LogP contribution is -2.02. The van der Waals surface area contributed by atoms with E-state index in [0.29, 0.717) is 29.0 Å². The van der Waals surface area contributed by atoms with E-state index in [-0.39, 0.29) is 0 Å². The molecule has 0 N–H and O–H groups in total. The molecule has 0 fully saturated rings. The highest BCUT2D eigenvalue weighted by Gasteiger charge is 2.21. The van der Waals surface area contributed by atoms with E-state index in [1.807, 2.05) is 133 Å². The minimum absolute atomic E-state index is 0.540. The number of nitrogens with zero attached hydrogens (tertiary/aromatic N) is 6. The van der Waals surface area contributed by atoms with Gasteiger partial charge in [-0.2, -0.15) is 0 Å². The Labute approximate surface area is 313 Å². The van der Waals surface area contributed by atoms with Gasteiger partial charge in [0.15, 0.2) is 29.0 Å². The van der Waals surface area contributed by atoms with E-state index in [1.54, 1.807) is 0 Å². The molecule has 0 aliphatic carbocycles. The fraction of sp³-hybridized carbons (Fsp3) is 0. The summed E-state index contributed by atoms with van der Waals surface area (Å²) < 4.78 is 0. The normalized spacial score (nSPS) is 10.9. The van der Waals surface area contributed by atoms with E-state index >= 15 is 0 Å². The van der Waals surface area contributed by atoms with Crippen molar-refractivity contribution in [2.45, 2.75) is 0 Å². The van der Waals surface area contributed by atoms with Gasteiger partial charge in [0, 0.05) is 33.2 Å². The molecule has 0 unspecified atom stereocenters. The monoisotopic (exact) mass is 690 g/mol. The molecule has 0 atom stereocenters. The molecule has 2 aromatic heterocycles. The van der Waals surface area contributed by atoms with Gasteiger partial charge in [0.2, 0.25) is 0 Å². The number of hydrogen-bond acceptors (Lipinski definition) is 5. The predicted molar refractivity (Wildman–Crippen MR) is 217 cm³/mol. The highest BCUT2D eigenvalue weighted by molar-refractivity contribution is 5.96. The van der Waals surface area contributed by atoms with Crippen LogP contribution < -0.4 is 0 Å². The zero-order valence-electron chi connectivity index (χ0n) is 29.0. The molecule has 0 saturated heterocycles. The second kappa shape index (κ2) is 14.2. The average molecular weight is 691 g/mol. The first kappa shape index (κ1) is 32.3. The van der Waals surface area contributed by atoms with Gasteiger partial charge < -0.3 is 0 Å². The van der Waals surface area contributed by atoms with E-state index in [2.05, 4.69) is 53.4 Å². The van der Waals surface area contributed by atoms with Gasteiger partial charge in [0.1, 0.15) is 0 Å². The number of fused-ring (bicyclic) bond motifs is 1. The van der Waals surface area contributed by atoms with E-state index in [9.17, 15) is 0 Å². The molecule has 0 aliphatic rings. The van der Waals surface area contributed by atoms with Crippen molar-refractivity contribution in [1.29, 1.82) is 0 Å². The molecule has 6 nitrogen and oxygen atoms in total. The van der Waals surface area contributed by atoms with E-state index < -0.39 is 0 Å². The third-order valence-corrected chi connectivity index (χ3v) is 9.38. The van der Waals surface area contributed by atoms with Gasteiger partial charge in [-0.25, -0.2) is 29.8 Å². The number of aromatic nitrogens is 5. The summed E-state index contributed by atoms with van der Waals surface area (Å²) in [5.41, 5.74) is 10.5. The maximum Gasteiger partial charge on any atom is 0.187 e. The van der Waals surface area contributed by atoms with E-state index in [1.165, 1.54) is 0 Å². The topological polar surface area (TPSA) is 68.8 Å². The van der Waals surface area contributed by atoms with Crippen LogP contribution in [0.5, 0.6) is 0 Å². The lowest BCUT2D eigenvalue weighted by molar-refractivity contribution is 1.07. The lowest BCUT2D eigenvalue weighted by atomic mass is 9.91. The Morgan fingerprint density at radius 2 is 0.852 bits per heavy atom. The van der Waals surface area contributed by atoms with Gasteiger partial charge in [0.05, 0.1) is 17.8 Å². The van der Waals surface area contributed by atoms with Crippen molar-refractivity contribution >= 4 is 16.6 Å². The van der Waals surface area contributed by atoms with E-state index in [0.717, 1.165) is 66.7 Å². The predicted octanol–water partition coefficient (Wildman–Crippen LogP) is 12.0. The van der Waals surface area contributed by atoms with Gasteiger partial charge in [-0.1, -0.05) is 158 Å². The molecule has 0 amide bonds. The molecule has 9 aromatic rings. The van der Waals surface area contributed by atoms with Crippen LogP contribution >= 0.6 is 0 Å². The highest BCUT2D eigenvalue weighted by Crippen LogP contribution is 2.41. The van der Waals surface area contributed by atoms with Gasteiger partial charge in [-0.15, -0.1) is 0 Å². The van der Waals surface area contributed by atoms with Crippen molar-refractivity contribution in [1.82, 2.24) is 24.9 Å². The fourth-order valence-electron chi connectivity index (χ4n) is 6.75. The number of para-hydroxylation sites is 1. The van der Waals surface area contributed by atoms with Crippen LogP contribution in [-0.2, 0) is 0 Å². The summed E-state index contributed by atoms with van der Waals surface area (Å²) in [5.74, 6) is 2.31. The van der Waals surface area contributed by atoms with Crippen molar-refractivity contribution in [3.05, 3.63) is 193 Å². The second-order valence-electron chi connectivity index (χ2n) is 12.8. The number of rotatable bonds is 7. The summed E-state index contributed by atoms with van der Waals surface area (Å²) >= 11 is 0. The largest absolute Gasteiger partial charge is 0.238 e. The molecule has 0 spiro atoms. The van der Waals surface area contributed by atoms with Crippen molar-refractivity contribution in [3.8, 4) is 79.1 Å². The molecule has 9 rings (SSSR count). The zero-order chi connectivity index (χ0) is 36.3. The van der Waals surface area contributed by atoms with Crippen LogP contribution in [0.2, 0.25) is 0 Å². The summed E-state index contributed by atoms with van der Waals surface area (Å²) in [4.78, 5) is 29.3. The van der Waals surface area contributed by atoms with Gasteiger partial charge in [-0.3, -0.25) is 0 Å². The maximum absolute atomic E-state index is 7.66. The molecule has 252 valence electrons. The molecule has 0 radical (unpaired) electrons. The quantitative estimate of drug-likeness (QED) is 0.156. The first-order valence-electron chi connectivity index (χ1n) is 17.6. The van der Waals surface area contributed by atoms with Crippen molar-refractivity contribution in [2.75, 3.05) is 0 Å². The Morgan fingerprint density at radius 3 is 1.54 bits per heavy atom. The molecular weight excluding hydrogens is 661 g/mol. The highest BCUT2D eigenvalue weighted by atomic mass is 15.0. The Bertz CT molecular complexity index is 2770. The average Bonchev–Trinajstić information content (AvgIpc) is 3.26. The van der Waals surface area contributed by atoms with Gasteiger partial charge in [-0.05, 0) is 46.5 Å². The smallest absolute Gasteiger partial charge is 0.187 e. The Balaban J connectivity index is 1.31. The maximum atomic E-state index is 7.66.